The molecule has 29 heavy (non-hydrogen) atoms. The Morgan fingerprint density at radius 3 is 2.72 bits per heavy atom. The van der Waals surface area contributed by atoms with Crippen LogP contribution in [0.4, 0.5) is 5.69 Å². The number of rotatable bonds is 7. The van der Waals surface area contributed by atoms with Crippen molar-refractivity contribution in [2.24, 2.45) is 0 Å². The lowest BCUT2D eigenvalue weighted by Gasteiger charge is -2.13. The molecule has 2 rings (SSSR count). The van der Waals surface area contributed by atoms with Crippen LogP contribution in [0.15, 0.2) is 35.9 Å². The number of amides is 1. The van der Waals surface area contributed by atoms with E-state index in [1.165, 1.54) is 6.08 Å². The Hall–Kier alpha value is -3.41. The molecule has 0 radical (unpaired) electrons. The normalized spacial score (nSPS) is 10.6. The number of anilines is 1. The van der Waals surface area contributed by atoms with Gasteiger partial charge in [-0.15, -0.1) is 6.42 Å². The smallest absolute Gasteiger partial charge is 0.266 e. The van der Waals surface area contributed by atoms with E-state index in [2.05, 4.69) is 11.2 Å². The Kier molecular flexibility index (Phi) is 7.71. The maximum absolute atomic E-state index is 12.6. The molecule has 6 heteroatoms. The molecular formula is C23H21ClN2O3. The highest BCUT2D eigenvalue weighted by Gasteiger charge is 2.15. The molecule has 2 aromatic rings. The number of carbonyl (C=O) groups excluding carboxylic acids is 1. The molecule has 0 unspecified atom stereocenters. The van der Waals surface area contributed by atoms with Crippen molar-refractivity contribution in [3.05, 3.63) is 57.6 Å². The zero-order chi connectivity index (χ0) is 21.4. The van der Waals surface area contributed by atoms with Gasteiger partial charge in [-0.2, -0.15) is 5.26 Å². The van der Waals surface area contributed by atoms with Crippen molar-refractivity contribution in [2.45, 2.75) is 20.8 Å². The topological polar surface area (TPSA) is 71.3 Å². The minimum atomic E-state index is -0.511. The maximum Gasteiger partial charge on any atom is 0.266 e. The van der Waals surface area contributed by atoms with Crippen molar-refractivity contribution in [1.82, 2.24) is 0 Å². The summed E-state index contributed by atoms with van der Waals surface area (Å²) in [6.45, 7) is 6.10. The van der Waals surface area contributed by atoms with E-state index in [0.717, 1.165) is 11.1 Å². The number of ether oxygens (including phenoxy) is 2. The van der Waals surface area contributed by atoms with Gasteiger partial charge in [0.25, 0.3) is 5.91 Å². The first-order valence-electron chi connectivity index (χ1n) is 8.93. The molecule has 0 aliphatic heterocycles. The second kappa shape index (κ2) is 10.2. The van der Waals surface area contributed by atoms with Gasteiger partial charge >= 0.3 is 0 Å². The van der Waals surface area contributed by atoms with E-state index in [4.69, 9.17) is 27.5 Å². The summed E-state index contributed by atoms with van der Waals surface area (Å²) in [5, 5.41) is 12.5. The van der Waals surface area contributed by atoms with Crippen LogP contribution in [0.2, 0.25) is 5.02 Å². The summed E-state index contributed by atoms with van der Waals surface area (Å²) in [6, 6.07) is 10.7. The molecule has 0 fully saturated rings. The molecule has 148 valence electrons. The first-order valence-corrected chi connectivity index (χ1v) is 9.31. The van der Waals surface area contributed by atoms with E-state index in [9.17, 15) is 10.1 Å². The van der Waals surface area contributed by atoms with Crippen LogP contribution < -0.4 is 14.8 Å². The number of aryl methyl sites for hydroxylation is 1. The van der Waals surface area contributed by atoms with Gasteiger partial charge < -0.3 is 14.8 Å². The third kappa shape index (κ3) is 5.54. The van der Waals surface area contributed by atoms with Crippen molar-refractivity contribution >= 4 is 29.3 Å². The SMILES string of the molecule is C#CCOc1c(Cl)cc(/C=C(\C#N)C(=O)Nc2cccc(C)c2C)cc1OCC. The fourth-order valence-electron chi connectivity index (χ4n) is 2.58. The molecule has 0 aliphatic carbocycles. The maximum atomic E-state index is 12.6. The molecule has 5 nitrogen and oxygen atoms in total. The number of hydrogen-bond donors (Lipinski definition) is 1. The zero-order valence-electron chi connectivity index (χ0n) is 16.5. The second-order valence-electron chi connectivity index (χ2n) is 6.13. The van der Waals surface area contributed by atoms with Gasteiger partial charge in [-0.05, 0) is 61.7 Å². The van der Waals surface area contributed by atoms with E-state index in [1.807, 2.05) is 39.0 Å². The minimum absolute atomic E-state index is 0.0384. The van der Waals surface area contributed by atoms with Gasteiger partial charge in [-0.25, -0.2) is 0 Å². The highest BCUT2D eigenvalue weighted by Crippen LogP contribution is 2.37. The predicted molar refractivity (Wildman–Crippen MR) is 115 cm³/mol. The standard InChI is InChI=1S/C23H21ClN2O3/c1-5-10-29-22-19(24)12-17(13-21(22)28-6-2)11-18(14-25)23(27)26-20-9-7-8-15(3)16(20)4/h1,7-9,11-13H,6,10H2,2-4H3,(H,26,27)/b18-11+. The summed E-state index contributed by atoms with van der Waals surface area (Å²) in [7, 11) is 0. The Bertz CT molecular complexity index is 1030. The van der Waals surface area contributed by atoms with Gasteiger partial charge in [0, 0.05) is 5.69 Å². The zero-order valence-corrected chi connectivity index (χ0v) is 17.3. The highest BCUT2D eigenvalue weighted by molar-refractivity contribution is 6.32. The van der Waals surface area contributed by atoms with Crippen molar-refractivity contribution in [3.63, 3.8) is 0 Å². The molecule has 0 saturated carbocycles. The fraction of sp³-hybridized carbons (Fsp3) is 0.217. The lowest BCUT2D eigenvalue weighted by atomic mass is 10.1. The van der Waals surface area contributed by atoms with Gasteiger partial charge in [0.2, 0.25) is 0 Å². The largest absolute Gasteiger partial charge is 0.490 e. The van der Waals surface area contributed by atoms with Crippen LogP contribution in [0, 0.1) is 37.5 Å². The molecule has 0 aromatic heterocycles. The predicted octanol–water partition coefficient (Wildman–Crippen LogP) is 4.91. The molecule has 0 heterocycles. The number of nitriles is 1. The van der Waals surface area contributed by atoms with Crippen LogP contribution >= 0.6 is 11.6 Å². The lowest BCUT2D eigenvalue weighted by Crippen LogP contribution is -2.14. The lowest BCUT2D eigenvalue weighted by molar-refractivity contribution is -0.112. The Labute approximate surface area is 175 Å². The number of carbonyl (C=O) groups is 1. The number of benzene rings is 2. The number of nitrogens with zero attached hydrogens (tertiary/aromatic N) is 1. The Balaban J connectivity index is 2.36. The van der Waals surface area contributed by atoms with Crippen molar-refractivity contribution in [2.75, 3.05) is 18.5 Å². The van der Waals surface area contributed by atoms with Gasteiger partial charge in [-0.3, -0.25) is 4.79 Å². The van der Waals surface area contributed by atoms with Crippen LogP contribution in [0.25, 0.3) is 6.08 Å². The van der Waals surface area contributed by atoms with Crippen LogP contribution in [0.5, 0.6) is 11.5 Å². The van der Waals surface area contributed by atoms with Crippen LogP contribution in [0.1, 0.15) is 23.6 Å². The molecule has 0 aliphatic rings. The third-order valence-corrected chi connectivity index (χ3v) is 4.44. The van der Waals surface area contributed by atoms with Crippen LogP contribution in [-0.2, 0) is 4.79 Å². The molecule has 0 saturated heterocycles. The molecule has 0 bridgehead atoms. The first-order chi connectivity index (χ1) is 13.9. The highest BCUT2D eigenvalue weighted by atomic mass is 35.5. The molecule has 0 spiro atoms. The van der Waals surface area contributed by atoms with E-state index < -0.39 is 5.91 Å². The minimum Gasteiger partial charge on any atom is -0.490 e. The van der Waals surface area contributed by atoms with Crippen molar-refractivity contribution < 1.29 is 14.3 Å². The van der Waals surface area contributed by atoms with Crippen LogP contribution in [-0.4, -0.2) is 19.1 Å². The Morgan fingerprint density at radius 1 is 1.31 bits per heavy atom. The van der Waals surface area contributed by atoms with Crippen molar-refractivity contribution in [1.29, 1.82) is 5.26 Å². The average Bonchev–Trinajstić information content (AvgIpc) is 2.69. The number of halogens is 1. The first kappa shape index (κ1) is 21.9. The molecule has 1 amide bonds. The molecule has 0 atom stereocenters. The quantitative estimate of drug-likeness (QED) is 0.401. The summed E-state index contributed by atoms with van der Waals surface area (Å²) in [6.07, 6.45) is 6.68. The molecular weight excluding hydrogens is 388 g/mol. The second-order valence-corrected chi connectivity index (χ2v) is 6.53. The van der Waals surface area contributed by atoms with E-state index >= 15 is 0 Å². The summed E-state index contributed by atoms with van der Waals surface area (Å²) >= 11 is 6.29. The summed E-state index contributed by atoms with van der Waals surface area (Å²) in [4.78, 5) is 12.6. The number of hydrogen-bond acceptors (Lipinski definition) is 4. The van der Waals surface area contributed by atoms with Gasteiger partial charge in [-0.1, -0.05) is 29.7 Å². The summed E-state index contributed by atoms with van der Waals surface area (Å²) in [5.74, 6) is 2.56. The molecule has 1 N–H and O–H groups in total. The summed E-state index contributed by atoms with van der Waals surface area (Å²) in [5.41, 5.74) is 3.10. The van der Waals surface area contributed by atoms with Gasteiger partial charge in [0.1, 0.15) is 18.2 Å². The molecule has 2 aromatic carbocycles. The van der Waals surface area contributed by atoms with E-state index in [1.54, 1.807) is 18.2 Å². The monoisotopic (exact) mass is 408 g/mol. The summed E-state index contributed by atoms with van der Waals surface area (Å²) < 4.78 is 11.0. The van der Waals surface area contributed by atoms with Crippen LogP contribution in [0.3, 0.4) is 0 Å². The van der Waals surface area contributed by atoms with E-state index in [0.29, 0.717) is 29.4 Å². The van der Waals surface area contributed by atoms with Gasteiger partial charge in [0.15, 0.2) is 11.5 Å². The number of nitrogens with one attached hydrogen (secondary N) is 1. The van der Waals surface area contributed by atoms with Crippen molar-refractivity contribution in [3.8, 4) is 29.9 Å². The number of terminal acetylenes is 1. The Morgan fingerprint density at radius 2 is 2.07 bits per heavy atom. The third-order valence-electron chi connectivity index (χ3n) is 4.16. The van der Waals surface area contributed by atoms with E-state index in [-0.39, 0.29) is 17.2 Å². The fourth-order valence-corrected chi connectivity index (χ4v) is 2.85. The van der Waals surface area contributed by atoms with Gasteiger partial charge in [0.05, 0.1) is 11.6 Å². The average molecular weight is 409 g/mol.